The average Bonchev–Trinajstić information content (AvgIpc) is 2.78. The van der Waals surface area contributed by atoms with E-state index < -0.39 is 27.2 Å². The third kappa shape index (κ3) is 3.08. The first-order chi connectivity index (χ1) is 15.4. The Hall–Kier alpha value is -4.18. The number of rotatable bonds is 3. The van der Waals surface area contributed by atoms with Crippen LogP contribution in [0.2, 0.25) is 0 Å². The molecule has 9 nitrogen and oxygen atoms in total. The molecule has 0 atom stereocenters. The number of fused-ring (bicyclic) bond motifs is 2. The maximum atomic E-state index is 13.4. The van der Waals surface area contributed by atoms with Gasteiger partial charge in [0.25, 0.3) is 15.6 Å². The zero-order valence-electron chi connectivity index (χ0n) is 16.5. The highest BCUT2D eigenvalue weighted by Crippen LogP contribution is 2.33. The van der Waals surface area contributed by atoms with E-state index >= 15 is 0 Å². The van der Waals surface area contributed by atoms with Crippen molar-refractivity contribution in [3.63, 3.8) is 0 Å². The van der Waals surface area contributed by atoms with E-state index in [1.807, 2.05) is 0 Å². The van der Waals surface area contributed by atoms with Crippen molar-refractivity contribution in [1.82, 2.24) is 9.55 Å². The second kappa shape index (κ2) is 7.20. The number of H-pyrrole nitrogens is 1. The molecule has 0 aliphatic carbocycles. The average molecular weight is 448 g/mol. The van der Waals surface area contributed by atoms with Crippen molar-refractivity contribution in [2.45, 2.75) is 4.90 Å². The number of nitrogens with one attached hydrogen (secondary N) is 2. The van der Waals surface area contributed by atoms with Crippen LogP contribution in [0.1, 0.15) is 0 Å². The van der Waals surface area contributed by atoms with Gasteiger partial charge in [-0.15, -0.1) is 0 Å². The van der Waals surface area contributed by atoms with Crippen LogP contribution in [0, 0.1) is 0 Å². The molecule has 2 heterocycles. The van der Waals surface area contributed by atoms with Crippen molar-refractivity contribution in [3.8, 4) is 5.69 Å². The van der Waals surface area contributed by atoms with Gasteiger partial charge in [0.1, 0.15) is 6.54 Å². The largest absolute Gasteiger partial charge is 0.333 e. The van der Waals surface area contributed by atoms with Crippen molar-refractivity contribution in [2.24, 2.45) is 0 Å². The summed E-state index contributed by atoms with van der Waals surface area (Å²) in [6.07, 6.45) is 0. The Morgan fingerprint density at radius 1 is 0.844 bits per heavy atom. The Balaban J connectivity index is 1.66. The SMILES string of the molecule is O=C1CN(S(=O)(=O)c2cccc(-n3c(=O)[nH]c4ccccc4c3=O)c2)c2ccccc2N1. The molecule has 0 saturated heterocycles. The molecule has 32 heavy (non-hydrogen) atoms. The molecular formula is C22H16N4O5S. The standard InChI is InChI=1S/C22H16N4O5S/c27-20-13-25(19-11-4-3-10-18(19)23-20)32(30,31)15-7-5-6-14(12-15)26-21(28)16-8-1-2-9-17(16)24-22(26)29/h1-12H,13H2,(H,23,27)(H,24,29). The third-order valence-electron chi connectivity index (χ3n) is 5.20. The van der Waals surface area contributed by atoms with Crippen molar-refractivity contribution in [1.29, 1.82) is 0 Å². The summed E-state index contributed by atoms with van der Waals surface area (Å²) in [6.45, 7) is -0.389. The van der Waals surface area contributed by atoms with E-state index in [0.29, 0.717) is 22.3 Å². The van der Waals surface area contributed by atoms with E-state index in [9.17, 15) is 22.8 Å². The van der Waals surface area contributed by atoms with E-state index in [-0.39, 0.29) is 17.1 Å². The molecule has 1 aromatic heterocycles. The predicted octanol–water partition coefficient (Wildman–Crippen LogP) is 1.83. The van der Waals surface area contributed by atoms with Crippen LogP contribution in [0.15, 0.2) is 87.3 Å². The van der Waals surface area contributed by atoms with E-state index in [2.05, 4.69) is 10.3 Å². The summed E-state index contributed by atoms with van der Waals surface area (Å²) in [6, 6.07) is 18.6. The third-order valence-corrected chi connectivity index (χ3v) is 6.96. The molecule has 0 fully saturated rings. The van der Waals surface area contributed by atoms with E-state index in [4.69, 9.17) is 0 Å². The molecule has 4 aromatic rings. The van der Waals surface area contributed by atoms with Crippen molar-refractivity contribution in [2.75, 3.05) is 16.2 Å². The Bertz CT molecular complexity index is 1620. The van der Waals surface area contributed by atoms with Crippen molar-refractivity contribution < 1.29 is 13.2 Å². The molecule has 160 valence electrons. The smallest absolute Gasteiger partial charge is 0.323 e. The number of aromatic nitrogens is 2. The molecular weight excluding hydrogens is 432 g/mol. The summed E-state index contributed by atoms with van der Waals surface area (Å²) in [4.78, 5) is 40.2. The molecule has 0 unspecified atom stereocenters. The first-order valence-corrected chi connectivity index (χ1v) is 11.1. The number of hydrogen-bond donors (Lipinski definition) is 2. The van der Waals surface area contributed by atoms with Gasteiger partial charge in [0.2, 0.25) is 5.91 Å². The highest BCUT2D eigenvalue weighted by atomic mass is 32.2. The topological polar surface area (TPSA) is 121 Å². The Kier molecular flexibility index (Phi) is 4.45. The molecule has 3 aromatic carbocycles. The monoisotopic (exact) mass is 448 g/mol. The molecule has 0 saturated carbocycles. The number of hydrogen-bond acceptors (Lipinski definition) is 5. The molecule has 0 bridgehead atoms. The van der Waals surface area contributed by atoms with Gasteiger partial charge in [0.05, 0.1) is 32.9 Å². The van der Waals surface area contributed by atoms with Crippen LogP contribution < -0.4 is 20.9 Å². The number of sulfonamides is 1. The van der Waals surface area contributed by atoms with Gasteiger partial charge in [-0.1, -0.05) is 30.3 Å². The van der Waals surface area contributed by atoms with Gasteiger partial charge in [-0.25, -0.2) is 17.8 Å². The fourth-order valence-electron chi connectivity index (χ4n) is 3.72. The second-order valence-corrected chi connectivity index (χ2v) is 9.05. The molecule has 1 aliphatic rings. The number of anilines is 2. The fourth-order valence-corrected chi connectivity index (χ4v) is 5.20. The molecule has 10 heteroatoms. The van der Waals surface area contributed by atoms with E-state index in [0.717, 1.165) is 8.87 Å². The van der Waals surface area contributed by atoms with Gasteiger partial charge >= 0.3 is 5.69 Å². The van der Waals surface area contributed by atoms with Gasteiger partial charge in [-0.2, -0.15) is 0 Å². The molecule has 0 spiro atoms. The van der Waals surface area contributed by atoms with Crippen molar-refractivity contribution >= 4 is 38.2 Å². The van der Waals surface area contributed by atoms with Crippen LogP contribution >= 0.6 is 0 Å². The van der Waals surface area contributed by atoms with Gasteiger partial charge in [-0.05, 0) is 42.5 Å². The molecule has 0 radical (unpaired) electrons. The molecule has 2 N–H and O–H groups in total. The van der Waals surface area contributed by atoms with Gasteiger partial charge in [0, 0.05) is 0 Å². The van der Waals surface area contributed by atoms with Crippen LogP contribution in [0.5, 0.6) is 0 Å². The van der Waals surface area contributed by atoms with Crippen molar-refractivity contribution in [3.05, 3.63) is 93.6 Å². The lowest BCUT2D eigenvalue weighted by molar-refractivity contribution is -0.115. The summed E-state index contributed by atoms with van der Waals surface area (Å²) in [5.41, 5.74) is -0.0623. The Labute approximate surface area is 181 Å². The van der Waals surface area contributed by atoms with Crippen LogP contribution in [0.3, 0.4) is 0 Å². The van der Waals surface area contributed by atoms with E-state index in [1.54, 1.807) is 48.5 Å². The zero-order chi connectivity index (χ0) is 22.5. The highest BCUT2D eigenvalue weighted by Gasteiger charge is 2.32. The minimum atomic E-state index is -4.16. The lowest BCUT2D eigenvalue weighted by Gasteiger charge is -2.30. The molecule has 1 amide bonds. The first-order valence-electron chi connectivity index (χ1n) is 9.62. The minimum Gasteiger partial charge on any atom is -0.323 e. The van der Waals surface area contributed by atoms with Gasteiger partial charge in [0.15, 0.2) is 0 Å². The molecule has 1 aliphatic heterocycles. The van der Waals surface area contributed by atoms with Crippen LogP contribution in [0.25, 0.3) is 16.6 Å². The second-order valence-electron chi connectivity index (χ2n) is 7.19. The maximum absolute atomic E-state index is 13.4. The fraction of sp³-hybridized carbons (Fsp3) is 0.0455. The minimum absolute atomic E-state index is 0.0952. The summed E-state index contributed by atoms with van der Waals surface area (Å²) in [5, 5.41) is 2.94. The number of aromatic amines is 1. The summed E-state index contributed by atoms with van der Waals surface area (Å²) in [5.74, 6) is -0.467. The highest BCUT2D eigenvalue weighted by molar-refractivity contribution is 7.92. The normalized spacial score (nSPS) is 13.6. The van der Waals surface area contributed by atoms with Crippen LogP contribution in [0.4, 0.5) is 11.4 Å². The maximum Gasteiger partial charge on any atom is 0.333 e. The number of benzene rings is 3. The number of amides is 1. The Morgan fingerprint density at radius 3 is 2.44 bits per heavy atom. The summed E-state index contributed by atoms with van der Waals surface area (Å²) >= 11 is 0. The first kappa shape index (κ1) is 19.8. The lowest BCUT2D eigenvalue weighted by atomic mass is 10.2. The number of nitrogens with zero attached hydrogens (tertiary/aromatic N) is 2. The number of para-hydroxylation sites is 3. The quantitative estimate of drug-likeness (QED) is 0.495. The van der Waals surface area contributed by atoms with Crippen LogP contribution in [-0.4, -0.2) is 30.4 Å². The number of carbonyl (C=O) groups is 1. The van der Waals surface area contributed by atoms with Gasteiger partial charge in [-0.3, -0.25) is 13.9 Å². The van der Waals surface area contributed by atoms with E-state index in [1.165, 1.54) is 24.3 Å². The summed E-state index contributed by atoms with van der Waals surface area (Å²) in [7, 11) is -4.16. The molecule has 5 rings (SSSR count). The van der Waals surface area contributed by atoms with Crippen LogP contribution in [-0.2, 0) is 14.8 Å². The predicted molar refractivity (Wildman–Crippen MR) is 120 cm³/mol. The number of carbonyl (C=O) groups excluding carboxylic acids is 1. The summed E-state index contributed by atoms with van der Waals surface area (Å²) < 4.78 is 28.8. The van der Waals surface area contributed by atoms with Gasteiger partial charge < -0.3 is 10.3 Å². The lowest BCUT2D eigenvalue weighted by Crippen LogP contribution is -2.42. The Morgan fingerprint density at radius 2 is 1.59 bits per heavy atom. The zero-order valence-corrected chi connectivity index (χ0v) is 17.3.